The van der Waals surface area contributed by atoms with E-state index in [2.05, 4.69) is 23.5 Å². The van der Waals surface area contributed by atoms with Crippen molar-refractivity contribution in [3.63, 3.8) is 0 Å². The predicted molar refractivity (Wildman–Crippen MR) is 71.7 cm³/mol. The number of hydrogen-bond donors (Lipinski definition) is 1. The zero-order valence-electron chi connectivity index (χ0n) is 11.4. The second-order valence-electron chi connectivity index (χ2n) is 4.24. The van der Waals surface area contributed by atoms with E-state index < -0.39 is 0 Å². The van der Waals surface area contributed by atoms with Gasteiger partial charge in [0.1, 0.15) is 0 Å². The average Bonchev–Trinajstić information content (AvgIpc) is 2.92. The molecule has 8 heteroatoms. The molecule has 0 atom stereocenters. The Morgan fingerprint density at radius 1 is 1.55 bits per heavy atom. The molecule has 1 aliphatic rings. The van der Waals surface area contributed by atoms with Crippen LogP contribution in [0.5, 0.6) is 0 Å². The first kappa shape index (κ1) is 13.6. The molecule has 7 nitrogen and oxygen atoms in total. The first-order valence-corrected chi connectivity index (χ1v) is 8.91. The van der Waals surface area contributed by atoms with Gasteiger partial charge in [-0.2, -0.15) is 0 Å². The zero-order chi connectivity index (χ0) is 13.9. The van der Waals surface area contributed by atoms with Gasteiger partial charge < -0.3 is 0 Å². The van der Waals surface area contributed by atoms with Crippen LogP contribution in [0.1, 0.15) is 12.7 Å². The molecule has 0 saturated carbocycles. The van der Waals surface area contributed by atoms with E-state index >= 15 is 0 Å². The van der Waals surface area contributed by atoms with Crippen molar-refractivity contribution in [2.45, 2.75) is 6.92 Å². The summed E-state index contributed by atoms with van der Waals surface area (Å²) in [7, 11) is 1.62. The Morgan fingerprint density at radius 2 is 2.45 bits per heavy atom. The molecule has 1 aliphatic heterocycles. The Balaban J connectivity index is 1.94. The van der Waals surface area contributed by atoms with E-state index in [0.29, 0.717) is 11.6 Å². The average molecular weight is 387 g/mol. The minimum absolute atomic E-state index is 0.0577. The normalized spacial score (nSPS) is 17.1. The van der Waals surface area contributed by atoms with E-state index in [1.807, 2.05) is 19.1 Å². The number of nitrogens with zero attached hydrogens (tertiary/aromatic N) is 5. The predicted octanol–water partition coefficient (Wildman–Crippen LogP) is -2.50. The number of rotatable bonds is 3. The van der Waals surface area contributed by atoms with Crippen LogP contribution in [0.3, 0.4) is 0 Å². The van der Waals surface area contributed by atoms with E-state index in [1.54, 1.807) is 18.0 Å². The van der Waals surface area contributed by atoms with Crippen LogP contribution in [-0.4, -0.2) is 44.3 Å². The summed E-state index contributed by atoms with van der Waals surface area (Å²) >= 11 is 0.0577. The molecule has 1 fully saturated rings. The quantitative estimate of drug-likeness (QED) is 0.207. The standard InChI is InChI=1S/C12H16IN6O/c1-3-9(20-2)12-16-11-6-10(14-8-19(11)17-12)18-5-4-15-13-7-18/h3,6,8,15H,4-5,7H2,1-2H3/q-1/b9-3-. The van der Waals surface area contributed by atoms with Crippen LogP contribution in [0, 0.1) is 0 Å². The SMILES string of the molecule is C/C=C(\OC)c1nc2cc(N3CCN[I-]C3)ncn2n1. The zero-order valence-corrected chi connectivity index (χ0v) is 13.5. The fraction of sp³-hybridized carbons (Fsp3) is 0.417. The van der Waals surface area contributed by atoms with Crippen molar-refractivity contribution < 1.29 is 26.2 Å². The van der Waals surface area contributed by atoms with Crippen molar-refractivity contribution in [3.8, 4) is 0 Å². The number of alkyl halides is 1. The van der Waals surface area contributed by atoms with E-state index in [1.165, 1.54) is 0 Å². The first-order chi connectivity index (χ1) is 9.81. The van der Waals surface area contributed by atoms with Crippen LogP contribution >= 0.6 is 0 Å². The van der Waals surface area contributed by atoms with E-state index in [-0.39, 0.29) is 21.5 Å². The molecule has 0 radical (unpaired) electrons. The molecule has 2 aromatic rings. The van der Waals surface area contributed by atoms with E-state index in [9.17, 15) is 0 Å². The van der Waals surface area contributed by atoms with Gasteiger partial charge >= 0.3 is 127 Å². The summed E-state index contributed by atoms with van der Waals surface area (Å²) in [5.74, 6) is 2.22. The molecule has 1 saturated heterocycles. The molecule has 0 aliphatic carbocycles. The fourth-order valence-electron chi connectivity index (χ4n) is 1.99. The summed E-state index contributed by atoms with van der Waals surface area (Å²) in [6.45, 7) is 3.92. The molecule has 3 heterocycles. The molecule has 108 valence electrons. The van der Waals surface area contributed by atoms with Crippen molar-refractivity contribution in [2.24, 2.45) is 0 Å². The van der Waals surface area contributed by atoms with Crippen LogP contribution in [0.2, 0.25) is 0 Å². The van der Waals surface area contributed by atoms with Gasteiger partial charge in [-0.15, -0.1) is 0 Å². The van der Waals surface area contributed by atoms with Gasteiger partial charge in [-0.1, -0.05) is 0 Å². The van der Waals surface area contributed by atoms with Crippen LogP contribution in [0.15, 0.2) is 18.5 Å². The first-order valence-electron chi connectivity index (χ1n) is 6.31. The van der Waals surface area contributed by atoms with Gasteiger partial charge in [-0.25, -0.2) is 0 Å². The van der Waals surface area contributed by atoms with Gasteiger partial charge in [-0.05, 0) is 0 Å². The van der Waals surface area contributed by atoms with Crippen LogP contribution < -0.4 is 29.9 Å². The number of aromatic nitrogens is 4. The Kier molecular flexibility index (Phi) is 4.01. The summed E-state index contributed by atoms with van der Waals surface area (Å²) in [6, 6.07) is 1.98. The molecule has 0 amide bonds. The Bertz CT molecular complexity index is 634. The molecule has 1 N–H and O–H groups in total. The maximum atomic E-state index is 5.25. The number of hydrogen-bond acceptors (Lipinski definition) is 6. The van der Waals surface area contributed by atoms with Gasteiger partial charge in [-0.3, -0.25) is 0 Å². The van der Waals surface area contributed by atoms with E-state index in [4.69, 9.17) is 4.74 Å². The van der Waals surface area contributed by atoms with Crippen LogP contribution in [0.25, 0.3) is 11.4 Å². The van der Waals surface area contributed by atoms with Crippen molar-refractivity contribution >= 4 is 17.2 Å². The third-order valence-corrected chi connectivity index (χ3v) is 5.26. The molecule has 2 aromatic heterocycles. The van der Waals surface area contributed by atoms with Gasteiger partial charge in [0.25, 0.3) is 0 Å². The van der Waals surface area contributed by atoms with E-state index in [0.717, 1.165) is 29.1 Å². The van der Waals surface area contributed by atoms with Crippen molar-refractivity contribution in [1.29, 1.82) is 0 Å². The Morgan fingerprint density at radius 3 is 3.15 bits per heavy atom. The number of methoxy groups -OCH3 is 1. The number of anilines is 1. The molecular formula is C12H16IN6O-. The molecule has 20 heavy (non-hydrogen) atoms. The summed E-state index contributed by atoms with van der Waals surface area (Å²) < 4.78 is 11.4. The number of allylic oxidation sites excluding steroid dienone is 1. The van der Waals surface area contributed by atoms with Gasteiger partial charge in [0, 0.05) is 0 Å². The summed E-state index contributed by atoms with van der Waals surface area (Å²) in [5.41, 5.74) is 0.790. The van der Waals surface area contributed by atoms with Crippen LogP contribution in [-0.2, 0) is 4.74 Å². The topological polar surface area (TPSA) is 67.6 Å². The van der Waals surface area contributed by atoms with Gasteiger partial charge in [0.15, 0.2) is 0 Å². The number of nitrogens with one attached hydrogen (secondary N) is 1. The molecule has 0 unspecified atom stereocenters. The fourth-order valence-corrected chi connectivity index (χ4v) is 3.96. The second kappa shape index (κ2) is 5.92. The molecule has 0 aromatic carbocycles. The Hall–Kier alpha value is -1.42. The van der Waals surface area contributed by atoms with Gasteiger partial charge in [0.2, 0.25) is 0 Å². The Labute approximate surface area is 127 Å². The molecule has 0 bridgehead atoms. The van der Waals surface area contributed by atoms with Crippen LogP contribution in [0.4, 0.5) is 5.82 Å². The third-order valence-electron chi connectivity index (χ3n) is 3.02. The number of ether oxygens (including phenoxy) is 1. The molecule has 0 spiro atoms. The molecular weight excluding hydrogens is 371 g/mol. The van der Waals surface area contributed by atoms with Gasteiger partial charge in [0.05, 0.1) is 0 Å². The maximum absolute atomic E-state index is 5.25. The monoisotopic (exact) mass is 387 g/mol. The van der Waals surface area contributed by atoms with Crippen molar-refractivity contribution in [2.75, 3.05) is 29.7 Å². The summed E-state index contributed by atoms with van der Waals surface area (Å²) in [5, 5.41) is 4.37. The second-order valence-corrected chi connectivity index (χ2v) is 6.45. The summed E-state index contributed by atoms with van der Waals surface area (Å²) in [6.07, 6.45) is 3.56. The number of fused-ring (bicyclic) bond motifs is 1. The summed E-state index contributed by atoms with van der Waals surface area (Å²) in [4.78, 5) is 11.3. The molecule has 3 rings (SSSR count). The minimum atomic E-state index is 0.0577. The number of halogens is 1. The van der Waals surface area contributed by atoms with Crippen molar-refractivity contribution in [1.82, 2.24) is 23.1 Å². The van der Waals surface area contributed by atoms with Crippen molar-refractivity contribution in [3.05, 3.63) is 24.3 Å². The third kappa shape index (κ3) is 2.57.